The first kappa shape index (κ1) is 14.3. The van der Waals surface area contributed by atoms with Gasteiger partial charge in [-0.25, -0.2) is 0 Å². The highest BCUT2D eigenvalue weighted by molar-refractivity contribution is 5.94. The Balaban J connectivity index is 2.12. The third-order valence-electron chi connectivity index (χ3n) is 3.40. The summed E-state index contributed by atoms with van der Waals surface area (Å²) in [6.45, 7) is 4.15. The number of benzene rings is 2. The van der Waals surface area contributed by atoms with Crippen LogP contribution in [0.5, 0.6) is 0 Å². The van der Waals surface area contributed by atoms with Crippen molar-refractivity contribution in [2.24, 2.45) is 0 Å². The molecule has 1 unspecified atom stereocenters. The minimum Gasteiger partial charge on any atom is -0.345 e. The van der Waals surface area contributed by atoms with Gasteiger partial charge >= 0.3 is 0 Å². The van der Waals surface area contributed by atoms with Crippen LogP contribution in [0.15, 0.2) is 54.6 Å². The zero-order chi connectivity index (χ0) is 14.4. The van der Waals surface area contributed by atoms with Gasteiger partial charge in [0, 0.05) is 5.56 Å². The van der Waals surface area contributed by atoms with Gasteiger partial charge in [0.1, 0.15) is 0 Å². The highest BCUT2D eigenvalue weighted by Crippen LogP contribution is 2.18. The lowest BCUT2D eigenvalue weighted by Crippen LogP contribution is -2.28. The Labute approximate surface area is 120 Å². The highest BCUT2D eigenvalue weighted by atomic mass is 16.1. The lowest BCUT2D eigenvalue weighted by Gasteiger charge is -2.18. The predicted octanol–water partition coefficient (Wildman–Crippen LogP) is 4.27. The number of carbonyl (C=O) groups is 1. The van der Waals surface area contributed by atoms with Crippen molar-refractivity contribution in [1.82, 2.24) is 5.32 Å². The van der Waals surface area contributed by atoms with Crippen molar-refractivity contribution in [2.45, 2.75) is 32.7 Å². The largest absolute Gasteiger partial charge is 0.345 e. The first-order valence-electron chi connectivity index (χ1n) is 7.13. The molecule has 104 valence electrons. The average Bonchev–Trinajstić information content (AvgIpc) is 2.48. The molecule has 2 aromatic rings. The van der Waals surface area contributed by atoms with Crippen LogP contribution in [0.3, 0.4) is 0 Å². The molecule has 0 saturated carbocycles. The average molecular weight is 267 g/mol. The molecule has 0 heterocycles. The van der Waals surface area contributed by atoms with E-state index >= 15 is 0 Å². The van der Waals surface area contributed by atoms with Crippen LogP contribution in [0.4, 0.5) is 0 Å². The van der Waals surface area contributed by atoms with E-state index in [-0.39, 0.29) is 11.9 Å². The van der Waals surface area contributed by atoms with Gasteiger partial charge in [-0.05, 0) is 31.0 Å². The van der Waals surface area contributed by atoms with Gasteiger partial charge in [-0.1, -0.05) is 61.4 Å². The van der Waals surface area contributed by atoms with Gasteiger partial charge in [-0.2, -0.15) is 0 Å². The molecule has 20 heavy (non-hydrogen) atoms. The van der Waals surface area contributed by atoms with E-state index in [1.165, 1.54) is 0 Å². The molecule has 2 nitrogen and oxygen atoms in total. The monoisotopic (exact) mass is 267 g/mol. The summed E-state index contributed by atoms with van der Waals surface area (Å²) in [5, 5.41) is 3.13. The van der Waals surface area contributed by atoms with Gasteiger partial charge < -0.3 is 5.32 Å². The topological polar surface area (TPSA) is 29.1 Å². The molecule has 1 amide bonds. The van der Waals surface area contributed by atoms with Crippen molar-refractivity contribution in [2.75, 3.05) is 0 Å². The maximum atomic E-state index is 12.3. The van der Waals surface area contributed by atoms with Crippen LogP contribution in [0.1, 0.15) is 47.3 Å². The molecule has 2 heteroatoms. The molecule has 1 N–H and O–H groups in total. The summed E-state index contributed by atoms with van der Waals surface area (Å²) in [5.74, 6) is -0.00713. The minimum absolute atomic E-state index is 0.00713. The highest BCUT2D eigenvalue weighted by Gasteiger charge is 2.14. The van der Waals surface area contributed by atoms with Crippen molar-refractivity contribution in [3.63, 3.8) is 0 Å². The summed E-state index contributed by atoms with van der Waals surface area (Å²) in [5.41, 5.74) is 3.04. The zero-order valence-electron chi connectivity index (χ0n) is 12.1. The predicted molar refractivity (Wildman–Crippen MR) is 82.7 cm³/mol. The summed E-state index contributed by atoms with van der Waals surface area (Å²) in [6.07, 6.45) is 1.98. The van der Waals surface area contributed by atoms with Crippen LogP contribution in [-0.4, -0.2) is 5.91 Å². The van der Waals surface area contributed by atoms with Crippen molar-refractivity contribution in [1.29, 1.82) is 0 Å². The molecule has 2 aromatic carbocycles. The van der Waals surface area contributed by atoms with Crippen molar-refractivity contribution in [3.05, 3.63) is 71.3 Å². The van der Waals surface area contributed by atoms with Crippen molar-refractivity contribution >= 4 is 5.91 Å². The van der Waals surface area contributed by atoms with E-state index in [0.717, 1.165) is 24.0 Å². The van der Waals surface area contributed by atoms with E-state index < -0.39 is 0 Å². The van der Waals surface area contributed by atoms with E-state index in [9.17, 15) is 4.79 Å². The molecule has 0 aliphatic carbocycles. The van der Waals surface area contributed by atoms with Crippen molar-refractivity contribution < 1.29 is 4.79 Å². The lowest BCUT2D eigenvalue weighted by molar-refractivity contribution is 0.0934. The van der Waals surface area contributed by atoms with Crippen LogP contribution >= 0.6 is 0 Å². The third-order valence-corrected chi connectivity index (χ3v) is 3.40. The molecular weight excluding hydrogens is 246 g/mol. The van der Waals surface area contributed by atoms with Gasteiger partial charge in [-0.3, -0.25) is 4.79 Å². The Hall–Kier alpha value is -2.09. The first-order chi connectivity index (χ1) is 9.70. The molecule has 0 aromatic heterocycles. The van der Waals surface area contributed by atoms with Crippen LogP contribution in [0.25, 0.3) is 0 Å². The molecule has 0 saturated heterocycles. The van der Waals surface area contributed by atoms with E-state index in [2.05, 4.69) is 24.4 Å². The normalized spacial score (nSPS) is 11.9. The number of amides is 1. The standard InChI is InChI=1S/C18H21NO/c1-3-7-17(15-8-5-4-6-9-15)19-18(20)16-12-10-14(2)11-13-16/h4-6,8-13,17H,3,7H2,1-2H3,(H,19,20). The molecule has 0 fully saturated rings. The fourth-order valence-electron chi connectivity index (χ4n) is 2.24. The van der Waals surface area contributed by atoms with Crippen LogP contribution in [-0.2, 0) is 0 Å². The maximum absolute atomic E-state index is 12.3. The molecule has 0 bridgehead atoms. The zero-order valence-corrected chi connectivity index (χ0v) is 12.1. The summed E-state index contributed by atoms with van der Waals surface area (Å²) in [6, 6.07) is 17.9. The Morgan fingerprint density at radius 3 is 2.30 bits per heavy atom. The minimum atomic E-state index is -0.00713. The van der Waals surface area contributed by atoms with Gasteiger partial charge in [0.05, 0.1) is 6.04 Å². The smallest absolute Gasteiger partial charge is 0.251 e. The van der Waals surface area contributed by atoms with Crippen LogP contribution in [0, 0.1) is 6.92 Å². The van der Waals surface area contributed by atoms with Crippen molar-refractivity contribution in [3.8, 4) is 0 Å². The molecular formula is C18H21NO. The fraction of sp³-hybridized carbons (Fsp3) is 0.278. The Bertz CT molecular complexity index is 545. The van der Waals surface area contributed by atoms with E-state index in [4.69, 9.17) is 0 Å². The number of carbonyl (C=O) groups excluding carboxylic acids is 1. The Morgan fingerprint density at radius 2 is 1.70 bits per heavy atom. The molecule has 1 atom stereocenters. The molecule has 2 rings (SSSR count). The second kappa shape index (κ2) is 6.90. The number of aryl methyl sites for hydroxylation is 1. The summed E-state index contributed by atoms with van der Waals surface area (Å²) in [7, 11) is 0. The number of nitrogens with one attached hydrogen (secondary N) is 1. The van der Waals surface area contributed by atoms with Gasteiger partial charge in [0.25, 0.3) is 5.91 Å². The molecule has 0 radical (unpaired) electrons. The van der Waals surface area contributed by atoms with E-state index in [1.54, 1.807) is 0 Å². The maximum Gasteiger partial charge on any atom is 0.251 e. The summed E-state index contributed by atoms with van der Waals surface area (Å²) >= 11 is 0. The SMILES string of the molecule is CCCC(NC(=O)c1ccc(C)cc1)c1ccccc1. The van der Waals surface area contributed by atoms with E-state index in [0.29, 0.717) is 5.56 Å². The lowest BCUT2D eigenvalue weighted by atomic mass is 10.0. The third kappa shape index (κ3) is 3.70. The van der Waals surface area contributed by atoms with Gasteiger partial charge in [0.2, 0.25) is 0 Å². The quantitative estimate of drug-likeness (QED) is 0.861. The van der Waals surface area contributed by atoms with E-state index in [1.807, 2.05) is 49.4 Å². The molecule has 0 aliphatic heterocycles. The number of hydrogen-bond donors (Lipinski definition) is 1. The molecule has 0 spiro atoms. The second-order valence-electron chi connectivity index (χ2n) is 5.09. The molecule has 0 aliphatic rings. The fourth-order valence-corrected chi connectivity index (χ4v) is 2.24. The van der Waals surface area contributed by atoms with Crippen LogP contribution < -0.4 is 5.32 Å². The van der Waals surface area contributed by atoms with Gasteiger partial charge in [0.15, 0.2) is 0 Å². The number of rotatable bonds is 5. The summed E-state index contributed by atoms with van der Waals surface area (Å²) in [4.78, 5) is 12.3. The Morgan fingerprint density at radius 1 is 1.05 bits per heavy atom. The summed E-state index contributed by atoms with van der Waals surface area (Å²) < 4.78 is 0. The Kier molecular flexibility index (Phi) is 4.94. The van der Waals surface area contributed by atoms with Crippen LogP contribution in [0.2, 0.25) is 0 Å². The first-order valence-corrected chi connectivity index (χ1v) is 7.13. The van der Waals surface area contributed by atoms with Gasteiger partial charge in [-0.15, -0.1) is 0 Å². The second-order valence-corrected chi connectivity index (χ2v) is 5.09. The number of hydrogen-bond acceptors (Lipinski definition) is 1.